The van der Waals surface area contributed by atoms with Crippen LogP contribution in [0.1, 0.15) is 83.5 Å². The summed E-state index contributed by atoms with van der Waals surface area (Å²) < 4.78 is 0. The number of carboxylic acid groups (broad SMARTS) is 1. The first-order valence-electron chi connectivity index (χ1n) is 7.49. The van der Waals surface area contributed by atoms with Crippen molar-refractivity contribution in [2.75, 3.05) is 0 Å². The second-order valence-electron chi connectivity index (χ2n) is 5.54. The number of carboxylic acids is 1. The lowest BCUT2D eigenvalue weighted by molar-refractivity contribution is -0.306. The number of carbonyl (C=O) groups is 1. The average molecular weight is 239 g/mol. The summed E-state index contributed by atoms with van der Waals surface area (Å²) in [6.07, 6.45) is 15.7. The molecule has 0 aromatic rings. The first kappa shape index (κ1) is 14.5. The van der Waals surface area contributed by atoms with Gasteiger partial charge in [-0.05, 0) is 18.8 Å². The summed E-state index contributed by atoms with van der Waals surface area (Å²) in [5.74, 6) is -0.247. The standard InChI is InChI=1S/C15H28O2/c16-15(17)13-12-14-10-8-6-4-2-1-3-5-7-9-11-14/h14H,1-13H2,(H,16,17)/p-1. The lowest BCUT2D eigenvalue weighted by atomic mass is 9.89. The fraction of sp³-hybridized carbons (Fsp3) is 0.933. The minimum atomic E-state index is -0.879. The van der Waals surface area contributed by atoms with E-state index >= 15 is 0 Å². The third-order valence-electron chi connectivity index (χ3n) is 3.98. The van der Waals surface area contributed by atoms with Crippen LogP contribution in [-0.4, -0.2) is 5.97 Å². The molecule has 0 spiro atoms. The minimum absolute atomic E-state index is 0.255. The molecule has 0 bridgehead atoms. The van der Waals surface area contributed by atoms with E-state index in [4.69, 9.17) is 0 Å². The van der Waals surface area contributed by atoms with E-state index in [-0.39, 0.29) is 6.42 Å². The highest BCUT2D eigenvalue weighted by molar-refractivity contribution is 5.64. The van der Waals surface area contributed by atoms with Gasteiger partial charge in [0.2, 0.25) is 0 Å². The molecule has 0 aliphatic heterocycles. The van der Waals surface area contributed by atoms with Crippen molar-refractivity contribution in [3.63, 3.8) is 0 Å². The molecule has 1 aliphatic rings. The van der Waals surface area contributed by atoms with Gasteiger partial charge in [-0.15, -0.1) is 0 Å². The monoisotopic (exact) mass is 239 g/mol. The van der Waals surface area contributed by atoms with E-state index < -0.39 is 5.97 Å². The Kier molecular flexibility index (Phi) is 8.12. The number of rotatable bonds is 3. The molecular formula is C15H27O2-. The predicted octanol–water partition coefficient (Wildman–Crippen LogP) is 3.44. The predicted molar refractivity (Wildman–Crippen MR) is 68.5 cm³/mol. The van der Waals surface area contributed by atoms with Crippen LogP contribution in [0.3, 0.4) is 0 Å². The van der Waals surface area contributed by atoms with E-state index in [1.807, 2.05) is 0 Å². The summed E-state index contributed by atoms with van der Waals surface area (Å²) in [7, 11) is 0. The average Bonchev–Trinajstić information content (AvgIpc) is 2.28. The van der Waals surface area contributed by atoms with Gasteiger partial charge in [0.05, 0.1) is 0 Å². The Bertz CT molecular complexity index is 189. The Labute approximate surface area is 106 Å². The van der Waals surface area contributed by atoms with Crippen LogP contribution in [0, 0.1) is 5.92 Å². The van der Waals surface area contributed by atoms with E-state index in [1.165, 1.54) is 70.6 Å². The van der Waals surface area contributed by atoms with Gasteiger partial charge in [0, 0.05) is 5.97 Å². The van der Waals surface area contributed by atoms with Crippen molar-refractivity contribution in [3.05, 3.63) is 0 Å². The summed E-state index contributed by atoms with van der Waals surface area (Å²) >= 11 is 0. The van der Waals surface area contributed by atoms with Crippen molar-refractivity contribution in [2.45, 2.75) is 83.5 Å². The van der Waals surface area contributed by atoms with Gasteiger partial charge in [0.25, 0.3) is 0 Å². The molecule has 0 saturated heterocycles. The zero-order valence-corrected chi connectivity index (χ0v) is 11.1. The molecule has 1 aliphatic carbocycles. The maximum absolute atomic E-state index is 10.5. The maximum Gasteiger partial charge on any atom is 0.0414 e. The quantitative estimate of drug-likeness (QED) is 0.757. The Morgan fingerprint density at radius 1 is 0.824 bits per heavy atom. The van der Waals surface area contributed by atoms with Gasteiger partial charge >= 0.3 is 0 Å². The highest BCUT2D eigenvalue weighted by Gasteiger charge is 2.09. The van der Waals surface area contributed by atoms with E-state index in [0.29, 0.717) is 5.92 Å². The smallest absolute Gasteiger partial charge is 0.0414 e. The van der Waals surface area contributed by atoms with E-state index in [1.54, 1.807) is 0 Å². The van der Waals surface area contributed by atoms with Crippen LogP contribution >= 0.6 is 0 Å². The van der Waals surface area contributed by atoms with Crippen LogP contribution in [0.5, 0.6) is 0 Å². The summed E-state index contributed by atoms with van der Waals surface area (Å²) in [5, 5.41) is 10.5. The number of aliphatic carboxylic acids is 1. The Morgan fingerprint density at radius 2 is 1.24 bits per heavy atom. The summed E-state index contributed by atoms with van der Waals surface area (Å²) in [5.41, 5.74) is 0. The maximum atomic E-state index is 10.5. The fourth-order valence-electron chi connectivity index (χ4n) is 2.86. The molecule has 0 N–H and O–H groups in total. The van der Waals surface area contributed by atoms with Crippen molar-refractivity contribution >= 4 is 5.97 Å². The second kappa shape index (κ2) is 9.49. The molecular weight excluding hydrogens is 212 g/mol. The zero-order valence-electron chi connectivity index (χ0n) is 11.1. The van der Waals surface area contributed by atoms with Gasteiger partial charge in [0.1, 0.15) is 0 Å². The van der Waals surface area contributed by atoms with Crippen molar-refractivity contribution in [2.24, 2.45) is 5.92 Å². The molecule has 2 nitrogen and oxygen atoms in total. The van der Waals surface area contributed by atoms with Gasteiger partial charge in [-0.25, -0.2) is 0 Å². The van der Waals surface area contributed by atoms with Gasteiger partial charge < -0.3 is 9.90 Å². The van der Waals surface area contributed by atoms with Crippen LogP contribution < -0.4 is 5.11 Å². The molecule has 0 atom stereocenters. The number of carbonyl (C=O) groups excluding carboxylic acids is 1. The minimum Gasteiger partial charge on any atom is -0.550 e. The molecule has 1 saturated carbocycles. The van der Waals surface area contributed by atoms with Crippen LogP contribution in [0.4, 0.5) is 0 Å². The summed E-state index contributed by atoms with van der Waals surface area (Å²) in [6.45, 7) is 0. The van der Waals surface area contributed by atoms with Crippen LogP contribution in [0.2, 0.25) is 0 Å². The molecule has 17 heavy (non-hydrogen) atoms. The normalized spacial score (nSPS) is 21.4. The molecule has 0 aromatic heterocycles. The van der Waals surface area contributed by atoms with Gasteiger partial charge in [-0.2, -0.15) is 0 Å². The van der Waals surface area contributed by atoms with Crippen LogP contribution in [0.25, 0.3) is 0 Å². The van der Waals surface area contributed by atoms with Gasteiger partial charge in [-0.3, -0.25) is 0 Å². The third-order valence-corrected chi connectivity index (χ3v) is 3.98. The molecule has 0 amide bonds. The Morgan fingerprint density at radius 3 is 1.65 bits per heavy atom. The van der Waals surface area contributed by atoms with Gasteiger partial charge in [-0.1, -0.05) is 70.6 Å². The topological polar surface area (TPSA) is 40.1 Å². The highest BCUT2D eigenvalue weighted by atomic mass is 16.4. The zero-order chi connectivity index (χ0) is 12.3. The number of hydrogen-bond acceptors (Lipinski definition) is 2. The van der Waals surface area contributed by atoms with E-state index in [0.717, 1.165) is 6.42 Å². The van der Waals surface area contributed by atoms with E-state index in [2.05, 4.69) is 0 Å². The molecule has 0 aromatic carbocycles. The molecule has 2 heteroatoms. The first-order chi connectivity index (χ1) is 8.29. The lowest BCUT2D eigenvalue weighted by Gasteiger charge is -2.18. The summed E-state index contributed by atoms with van der Waals surface area (Å²) in [4.78, 5) is 10.5. The molecule has 1 fully saturated rings. The molecule has 0 radical (unpaired) electrons. The molecule has 0 unspecified atom stereocenters. The number of hydrogen-bond donors (Lipinski definition) is 0. The van der Waals surface area contributed by atoms with Crippen molar-refractivity contribution in [1.29, 1.82) is 0 Å². The fourth-order valence-corrected chi connectivity index (χ4v) is 2.86. The molecule has 1 rings (SSSR count). The van der Waals surface area contributed by atoms with Crippen LogP contribution in [0.15, 0.2) is 0 Å². The summed E-state index contributed by atoms with van der Waals surface area (Å²) in [6, 6.07) is 0. The highest BCUT2D eigenvalue weighted by Crippen LogP contribution is 2.24. The molecule has 100 valence electrons. The van der Waals surface area contributed by atoms with Gasteiger partial charge in [0.15, 0.2) is 0 Å². The Balaban J connectivity index is 2.24. The largest absolute Gasteiger partial charge is 0.550 e. The lowest BCUT2D eigenvalue weighted by Crippen LogP contribution is -2.22. The van der Waals surface area contributed by atoms with Crippen molar-refractivity contribution in [3.8, 4) is 0 Å². The van der Waals surface area contributed by atoms with E-state index in [9.17, 15) is 9.90 Å². The third kappa shape index (κ3) is 8.23. The van der Waals surface area contributed by atoms with Crippen LogP contribution in [-0.2, 0) is 4.79 Å². The van der Waals surface area contributed by atoms with Crippen molar-refractivity contribution in [1.82, 2.24) is 0 Å². The van der Waals surface area contributed by atoms with Crippen molar-refractivity contribution < 1.29 is 9.90 Å². The molecule has 0 heterocycles. The SMILES string of the molecule is O=C([O-])CCC1CCCCCCCCCCC1. The Hall–Kier alpha value is -0.530. The second-order valence-corrected chi connectivity index (χ2v) is 5.54. The first-order valence-corrected chi connectivity index (χ1v) is 7.49.